The van der Waals surface area contributed by atoms with Gasteiger partial charge < -0.3 is 15.5 Å². The van der Waals surface area contributed by atoms with Crippen molar-refractivity contribution in [1.82, 2.24) is 10.2 Å². The smallest absolute Gasteiger partial charge is 0.319 e. The Morgan fingerprint density at radius 1 is 1.27 bits per heavy atom. The van der Waals surface area contributed by atoms with E-state index >= 15 is 0 Å². The Morgan fingerprint density at radius 2 is 2.00 bits per heavy atom. The molecule has 5 nitrogen and oxygen atoms in total. The van der Waals surface area contributed by atoms with E-state index in [0.717, 1.165) is 29.5 Å². The number of fused-ring (bicyclic) bond motifs is 1. The van der Waals surface area contributed by atoms with Gasteiger partial charge in [-0.25, -0.2) is 4.79 Å². The van der Waals surface area contributed by atoms with Crippen LogP contribution in [0.2, 0.25) is 0 Å². The number of carbonyl (C=O) groups excluding carboxylic acids is 1. The second kappa shape index (κ2) is 5.68. The van der Waals surface area contributed by atoms with E-state index in [2.05, 4.69) is 25.9 Å². The zero-order valence-electron chi connectivity index (χ0n) is 13.0. The van der Waals surface area contributed by atoms with Gasteiger partial charge in [0, 0.05) is 23.2 Å². The molecule has 0 aromatic heterocycles. The number of aliphatic imine (C=N–C) groups is 1. The predicted octanol–water partition coefficient (Wildman–Crippen LogP) is 3.32. The maximum Gasteiger partial charge on any atom is 0.319 e. The fraction of sp³-hybridized carbons (Fsp3) is 0.375. The first-order valence-electron chi connectivity index (χ1n) is 7.31. The first-order chi connectivity index (χ1) is 10.4. The molecule has 0 saturated carbocycles. The number of hydrogen-bond acceptors (Lipinski definition) is 4. The number of carbonyl (C=O) groups is 1. The molecule has 0 bridgehead atoms. The summed E-state index contributed by atoms with van der Waals surface area (Å²) < 4.78 is 0. The van der Waals surface area contributed by atoms with E-state index in [-0.39, 0.29) is 11.6 Å². The monoisotopic (exact) mass is 316 g/mol. The standard InChI is InChI=1S/C16H20N4OS/c1-16(2,3)19-14(21)18-12-6-4-11(5-7-12)13-10-22-15-17-8-9-20(13)15/h4-7,10H,8-9H2,1-3H3,(H2,18,19,21). The average molecular weight is 316 g/mol. The van der Waals surface area contributed by atoms with Crippen molar-refractivity contribution in [3.63, 3.8) is 0 Å². The maximum atomic E-state index is 11.9. The molecule has 2 aliphatic heterocycles. The van der Waals surface area contributed by atoms with Gasteiger partial charge in [-0.05, 0) is 38.5 Å². The van der Waals surface area contributed by atoms with Crippen molar-refractivity contribution >= 4 is 34.3 Å². The average Bonchev–Trinajstić information content (AvgIpc) is 3.00. The number of anilines is 1. The van der Waals surface area contributed by atoms with E-state index in [4.69, 9.17) is 0 Å². The lowest BCUT2D eigenvalue weighted by Crippen LogP contribution is -2.43. The van der Waals surface area contributed by atoms with Crippen molar-refractivity contribution in [3.8, 4) is 0 Å². The topological polar surface area (TPSA) is 56.7 Å². The Bertz CT molecular complexity index is 643. The number of thioether (sulfide) groups is 1. The first kappa shape index (κ1) is 15.0. The number of urea groups is 1. The van der Waals surface area contributed by atoms with Crippen LogP contribution in [0.3, 0.4) is 0 Å². The lowest BCUT2D eigenvalue weighted by atomic mass is 10.1. The molecule has 0 radical (unpaired) electrons. The molecule has 1 aromatic rings. The van der Waals surface area contributed by atoms with Gasteiger partial charge in [0.15, 0.2) is 5.17 Å². The Kier molecular flexibility index (Phi) is 3.87. The molecule has 0 saturated heterocycles. The minimum atomic E-state index is -0.249. The van der Waals surface area contributed by atoms with Crippen LogP contribution in [-0.2, 0) is 0 Å². The summed E-state index contributed by atoms with van der Waals surface area (Å²) in [6.07, 6.45) is 0. The predicted molar refractivity (Wildman–Crippen MR) is 92.9 cm³/mol. The number of amides is 2. The normalized spacial score (nSPS) is 17.0. The quantitative estimate of drug-likeness (QED) is 0.880. The Labute approximate surface area is 134 Å². The van der Waals surface area contributed by atoms with Crippen LogP contribution in [0.1, 0.15) is 26.3 Å². The summed E-state index contributed by atoms with van der Waals surface area (Å²) in [6.45, 7) is 7.67. The molecule has 2 amide bonds. The van der Waals surface area contributed by atoms with Gasteiger partial charge in [-0.15, -0.1) is 0 Å². The molecule has 116 valence electrons. The molecule has 0 aliphatic carbocycles. The van der Waals surface area contributed by atoms with Crippen molar-refractivity contribution in [2.75, 3.05) is 18.4 Å². The van der Waals surface area contributed by atoms with E-state index < -0.39 is 0 Å². The maximum absolute atomic E-state index is 11.9. The highest BCUT2D eigenvalue weighted by molar-refractivity contribution is 8.16. The summed E-state index contributed by atoms with van der Waals surface area (Å²) in [5, 5.41) is 8.95. The van der Waals surface area contributed by atoms with Crippen LogP contribution >= 0.6 is 11.8 Å². The van der Waals surface area contributed by atoms with Crippen LogP contribution in [-0.4, -0.2) is 34.7 Å². The van der Waals surface area contributed by atoms with E-state index in [1.165, 1.54) is 5.70 Å². The SMILES string of the molecule is CC(C)(C)NC(=O)Nc1ccc(C2=CSC3=NCCN23)cc1. The third-order valence-corrected chi connectivity index (χ3v) is 4.20. The van der Waals surface area contributed by atoms with Crippen molar-refractivity contribution in [3.05, 3.63) is 35.2 Å². The second-order valence-electron chi connectivity index (χ2n) is 6.34. The van der Waals surface area contributed by atoms with Gasteiger partial charge in [-0.1, -0.05) is 23.9 Å². The molecular weight excluding hydrogens is 296 g/mol. The lowest BCUT2D eigenvalue weighted by Gasteiger charge is -2.21. The van der Waals surface area contributed by atoms with Gasteiger partial charge in [0.05, 0.1) is 12.2 Å². The van der Waals surface area contributed by atoms with Crippen LogP contribution in [0, 0.1) is 0 Å². The molecule has 2 N–H and O–H groups in total. The number of nitrogens with zero attached hydrogens (tertiary/aromatic N) is 2. The minimum Gasteiger partial charge on any atom is -0.333 e. The number of nitrogens with one attached hydrogen (secondary N) is 2. The van der Waals surface area contributed by atoms with Crippen LogP contribution in [0.4, 0.5) is 10.5 Å². The lowest BCUT2D eigenvalue weighted by molar-refractivity contribution is 0.244. The molecule has 0 fully saturated rings. The zero-order chi connectivity index (χ0) is 15.7. The van der Waals surface area contributed by atoms with Gasteiger partial charge in [0.1, 0.15) is 0 Å². The summed E-state index contributed by atoms with van der Waals surface area (Å²) >= 11 is 1.67. The van der Waals surface area contributed by atoms with Gasteiger partial charge in [0.25, 0.3) is 0 Å². The van der Waals surface area contributed by atoms with Crippen molar-refractivity contribution in [2.24, 2.45) is 4.99 Å². The van der Waals surface area contributed by atoms with E-state index in [9.17, 15) is 4.79 Å². The Morgan fingerprint density at radius 3 is 2.68 bits per heavy atom. The van der Waals surface area contributed by atoms with Gasteiger partial charge in [-0.3, -0.25) is 4.99 Å². The molecule has 0 unspecified atom stereocenters. The van der Waals surface area contributed by atoms with E-state index in [0.29, 0.717) is 0 Å². The molecular formula is C16H20N4OS. The molecule has 22 heavy (non-hydrogen) atoms. The van der Waals surface area contributed by atoms with E-state index in [1.807, 2.05) is 45.0 Å². The minimum absolute atomic E-state index is 0.190. The fourth-order valence-electron chi connectivity index (χ4n) is 2.37. The number of benzene rings is 1. The van der Waals surface area contributed by atoms with Crippen LogP contribution in [0.25, 0.3) is 5.70 Å². The van der Waals surface area contributed by atoms with Crippen molar-refractivity contribution in [1.29, 1.82) is 0 Å². The summed E-state index contributed by atoms with van der Waals surface area (Å²) in [4.78, 5) is 18.5. The van der Waals surface area contributed by atoms with Crippen LogP contribution < -0.4 is 10.6 Å². The van der Waals surface area contributed by atoms with Gasteiger partial charge in [-0.2, -0.15) is 0 Å². The van der Waals surface area contributed by atoms with E-state index in [1.54, 1.807) is 11.8 Å². The Hall–Kier alpha value is -1.95. The third-order valence-electron chi connectivity index (χ3n) is 3.30. The fourth-order valence-corrected chi connectivity index (χ4v) is 3.34. The molecule has 2 aliphatic rings. The molecule has 0 spiro atoms. The summed E-state index contributed by atoms with van der Waals surface area (Å²) in [7, 11) is 0. The molecule has 2 heterocycles. The Balaban J connectivity index is 1.66. The molecule has 1 aromatic carbocycles. The van der Waals surface area contributed by atoms with Gasteiger partial charge in [0.2, 0.25) is 0 Å². The largest absolute Gasteiger partial charge is 0.333 e. The molecule has 6 heteroatoms. The van der Waals surface area contributed by atoms with Crippen LogP contribution in [0.15, 0.2) is 34.7 Å². The third kappa shape index (κ3) is 3.27. The highest BCUT2D eigenvalue weighted by atomic mass is 32.2. The zero-order valence-corrected chi connectivity index (χ0v) is 13.8. The highest BCUT2D eigenvalue weighted by Crippen LogP contribution is 2.35. The van der Waals surface area contributed by atoms with Gasteiger partial charge >= 0.3 is 6.03 Å². The number of hydrogen-bond donors (Lipinski definition) is 2. The molecule has 0 atom stereocenters. The highest BCUT2D eigenvalue weighted by Gasteiger charge is 2.26. The summed E-state index contributed by atoms with van der Waals surface area (Å²) in [6, 6.07) is 7.72. The number of amidine groups is 1. The first-order valence-corrected chi connectivity index (χ1v) is 8.19. The second-order valence-corrected chi connectivity index (χ2v) is 7.18. The summed E-state index contributed by atoms with van der Waals surface area (Å²) in [5.41, 5.74) is 2.86. The number of rotatable bonds is 2. The summed E-state index contributed by atoms with van der Waals surface area (Å²) in [5.74, 6) is 0. The van der Waals surface area contributed by atoms with Crippen molar-refractivity contribution in [2.45, 2.75) is 26.3 Å². The van der Waals surface area contributed by atoms with Crippen LogP contribution in [0.5, 0.6) is 0 Å². The van der Waals surface area contributed by atoms with Crippen molar-refractivity contribution < 1.29 is 4.79 Å². The molecule has 3 rings (SSSR count).